The van der Waals surface area contributed by atoms with Gasteiger partial charge in [0.05, 0.1) is 17.2 Å². The third kappa shape index (κ3) is 3.18. The van der Waals surface area contributed by atoms with Crippen LogP contribution in [-0.4, -0.2) is 38.0 Å². The number of hydrogen-bond donors (Lipinski definition) is 2. The van der Waals surface area contributed by atoms with E-state index in [1.54, 1.807) is 0 Å². The van der Waals surface area contributed by atoms with Gasteiger partial charge in [-0.15, -0.1) is 10.2 Å². The number of nitrogens with two attached hydrogens (primary N) is 1. The Bertz CT molecular complexity index is 801. The van der Waals surface area contributed by atoms with Crippen LogP contribution >= 0.6 is 0 Å². The third-order valence-corrected chi connectivity index (χ3v) is 4.14. The van der Waals surface area contributed by atoms with Crippen molar-refractivity contribution in [3.63, 3.8) is 0 Å². The molecule has 0 unspecified atom stereocenters. The second-order valence-corrected chi connectivity index (χ2v) is 6.28. The van der Waals surface area contributed by atoms with E-state index in [0.29, 0.717) is 17.3 Å². The number of carbonyl (C=O) groups is 1. The number of pyridine rings is 1. The normalized spacial score (nSPS) is 26.8. The highest BCUT2D eigenvalue weighted by molar-refractivity contribution is 5.73. The van der Waals surface area contributed by atoms with E-state index in [2.05, 4.69) is 15.2 Å². The molecule has 2 heterocycles. The third-order valence-electron chi connectivity index (χ3n) is 4.14. The molecular formula is C14H12F4N4O3. The van der Waals surface area contributed by atoms with E-state index < -0.39 is 18.0 Å². The second-order valence-electron chi connectivity index (χ2n) is 6.28. The fourth-order valence-corrected chi connectivity index (χ4v) is 3.18. The van der Waals surface area contributed by atoms with Crippen molar-refractivity contribution in [1.29, 1.82) is 0 Å². The largest absolute Gasteiger partial charge is 0.490 e. The summed E-state index contributed by atoms with van der Waals surface area (Å²) < 4.78 is 50.4. The summed E-state index contributed by atoms with van der Waals surface area (Å²) >= 11 is 0. The molecule has 2 aromatic rings. The Balaban J connectivity index is 0.000000225. The first-order valence-electron chi connectivity index (χ1n) is 7.07. The van der Waals surface area contributed by atoms with Crippen molar-refractivity contribution < 1.29 is 31.9 Å². The van der Waals surface area contributed by atoms with E-state index in [0.717, 1.165) is 25.5 Å². The van der Waals surface area contributed by atoms with Crippen molar-refractivity contribution >= 4 is 5.97 Å². The highest BCUT2D eigenvalue weighted by Crippen LogP contribution is 2.66. The van der Waals surface area contributed by atoms with Gasteiger partial charge in [-0.3, -0.25) is 4.98 Å². The minimum absolute atomic E-state index is 0.00492. The van der Waals surface area contributed by atoms with Gasteiger partial charge in [0.15, 0.2) is 0 Å². The highest BCUT2D eigenvalue weighted by atomic mass is 19.4. The smallest absolute Gasteiger partial charge is 0.475 e. The summed E-state index contributed by atoms with van der Waals surface area (Å²) in [6.07, 6.45) is 0.280. The first-order chi connectivity index (χ1) is 11.5. The second kappa shape index (κ2) is 5.48. The number of alkyl halides is 3. The van der Waals surface area contributed by atoms with E-state index in [4.69, 9.17) is 20.1 Å². The van der Waals surface area contributed by atoms with Gasteiger partial charge in [-0.05, 0) is 25.3 Å². The molecular weight excluding hydrogens is 348 g/mol. The van der Waals surface area contributed by atoms with Crippen LogP contribution in [0, 0.1) is 5.82 Å². The predicted octanol–water partition coefficient (Wildman–Crippen LogP) is 2.04. The van der Waals surface area contributed by atoms with Gasteiger partial charge in [-0.2, -0.15) is 13.2 Å². The van der Waals surface area contributed by atoms with E-state index in [1.165, 1.54) is 12.3 Å². The van der Waals surface area contributed by atoms with Crippen LogP contribution in [0.25, 0.3) is 11.5 Å². The van der Waals surface area contributed by atoms with Crippen LogP contribution in [0.2, 0.25) is 0 Å². The lowest BCUT2D eigenvalue weighted by molar-refractivity contribution is -0.192. The Morgan fingerprint density at radius 3 is 2.32 bits per heavy atom. The minimum Gasteiger partial charge on any atom is -0.475 e. The number of aromatic nitrogens is 3. The highest BCUT2D eigenvalue weighted by Gasteiger charge is 2.69. The molecule has 0 saturated heterocycles. The Kier molecular flexibility index (Phi) is 3.78. The molecule has 7 nitrogen and oxygen atoms in total. The van der Waals surface area contributed by atoms with E-state index in [-0.39, 0.29) is 11.0 Å². The van der Waals surface area contributed by atoms with Crippen LogP contribution in [0.4, 0.5) is 17.6 Å². The van der Waals surface area contributed by atoms with Gasteiger partial charge in [-0.1, -0.05) is 0 Å². The van der Waals surface area contributed by atoms with Crippen LogP contribution < -0.4 is 5.73 Å². The lowest BCUT2D eigenvalue weighted by atomic mass is 9.40. The number of nitrogens with zero attached hydrogens (tertiary/aromatic N) is 3. The molecule has 11 heteroatoms. The molecule has 3 fully saturated rings. The first kappa shape index (κ1) is 17.3. The van der Waals surface area contributed by atoms with Crippen molar-refractivity contribution in [3.05, 3.63) is 30.2 Å². The Morgan fingerprint density at radius 1 is 1.24 bits per heavy atom. The van der Waals surface area contributed by atoms with Crippen molar-refractivity contribution in [2.75, 3.05) is 0 Å². The molecule has 3 aliphatic carbocycles. The minimum atomic E-state index is -5.08. The molecule has 0 aliphatic heterocycles. The summed E-state index contributed by atoms with van der Waals surface area (Å²) in [5.74, 6) is -2.24. The average Bonchev–Trinajstić information content (AvgIpc) is 2.92. The number of rotatable bonds is 2. The quantitative estimate of drug-likeness (QED) is 0.788. The molecule has 5 rings (SSSR count). The van der Waals surface area contributed by atoms with E-state index >= 15 is 0 Å². The summed E-state index contributed by atoms with van der Waals surface area (Å²) in [5, 5.41) is 15.1. The van der Waals surface area contributed by atoms with Crippen LogP contribution in [0.15, 0.2) is 22.9 Å². The van der Waals surface area contributed by atoms with Crippen LogP contribution in [0.1, 0.15) is 25.2 Å². The molecule has 0 aromatic carbocycles. The fourth-order valence-electron chi connectivity index (χ4n) is 3.18. The lowest BCUT2D eigenvalue weighted by Crippen LogP contribution is -2.74. The van der Waals surface area contributed by atoms with Gasteiger partial charge >= 0.3 is 12.1 Å². The molecule has 0 amide bonds. The molecule has 3 N–H and O–H groups in total. The summed E-state index contributed by atoms with van der Waals surface area (Å²) in [6, 6.07) is 1.33. The maximum absolute atomic E-state index is 13.1. The van der Waals surface area contributed by atoms with Gasteiger partial charge in [0.25, 0.3) is 0 Å². The van der Waals surface area contributed by atoms with Gasteiger partial charge in [0.1, 0.15) is 5.82 Å². The fraction of sp³-hybridized carbons (Fsp3) is 0.429. The number of carboxylic acids is 1. The number of halogens is 4. The summed E-state index contributed by atoms with van der Waals surface area (Å²) in [7, 11) is 0. The SMILES string of the molecule is NC12CC(c3nnc(-c4cncc(F)c4)o3)(C1)C2.O=C(O)C(F)(F)F. The van der Waals surface area contributed by atoms with Gasteiger partial charge in [0.2, 0.25) is 11.8 Å². The maximum Gasteiger partial charge on any atom is 0.490 e. The summed E-state index contributed by atoms with van der Waals surface area (Å²) in [5.41, 5.74) is 6.48. The molecule has 3 aliphatic rings. The Morgan fingerprint density at radius 2 is 1.84 bits per heavy atom. The zero-order chi connectivity index (χ0) is 18.5. The monoisotopic (exact) mass is 360 g/mol. The van der Waals surface area contributed by atoms with Gasteiger partial charge < -0.3 is 15.3 Å². The predicted molar refractivity (Wildman–Crippen MR) is 73.6 cm³/mol. The zero-order valence-electron chi connectivity index (χ0n) is 12.5. The molecule has 25 heavy (non-hydrogen) atoms. The topological polar surface area (TPSA) is 115 Å². The van der Waals surface area contributed by atoms with Crippen LogP contribution in [0.5, 0.6) is 0 Å². The molecule has 2 aromatic heterocycles. The molecule has 0 radical (unpaired) electrons. The van der Waals surface area contributed by atoms with Crippen molar-refractivity contribution in [2.24, 2.45) is 5.73 Å². The standard InChI is InChI=1S/C12H11FN4O.C2HF3O2/c13-8-1-7(2-15-3-8)9-16-17-10(18-9)11-4-12(14,5-11)6-11;3-2(4,5)1(6)7/h1-3H,4-6,14H2;(H,6,7). The molecule has 0 spiro atoms. The molecule has 0 atom stereocenters. The lowest BCUT2D eigenvalue weighted by Gasteiger charge is -2.66. The van der Waals surface area contributed by atoms with E-state index in [1.807, 2.05) is 0 Å². The molecule has 3 saturated carbocycles. The van der Waals surface area contributed by atoms with Crippen molar-refractivity contribution in [3.8, 4) is 11.5 Å². The van der Waals surface area contributed by atoms with Gasteiger partial charge in [-0.25, -0.2) is 9.18 Å². The number of hydrogen-bond acceptors (Lipinski definition) is 6. The number of aliphatic carboxylic acids is 1. The Labute approximate surface area is 137 Å². The first-order valence-corrected chi connectivity index (χ1v) is 7.07. The van der Waals surface area contributed by atoms with Crippen molar-refractivity contribution in [1.82, 2.24) is 15.2 Å². The van der Waals surface area contributed by atoms with E-state index in [9.17, 15) is 17.6 Å². The van der Waals surface area contributed by atoms with Crippen LogP contribution in [0.3, 0.4) is 0 Å². The average molecular weight is 360 g/mol. The summed E-state index contributed by atoms with van der Waals surface area (Å²) in [6.45, 7) is 0. The molecule has 134 valence electrons. The molecule has 2 bridgehead atoms. The Hall–Kier alpha value is -2.56. The maximum atomic E-state index is 13.1. The number of carboxylic acid groups (broad SMARTS) is 1. The van der Waals surface area contributed by atoms with Gasteiger partial charge in [0, 0.05) is 11.7 Å². The summed E-state index contributed by atoms with van der Waals surface area (Å²) in [4.78, 5) is 12.7. The zero-order valence-corrected chi connectivity index (χ0v) is 12.5. The van der Waals surface area contributed by atoms with Crippen LogP contribution in [-0.2, 0) is 10.2 Å². The van der Waals surface area contributed by atoms with Crippen molar-refractivity contribution in [2.45, 2.75) is 36.4 Å².